The van der Waals surface area contributed by atoms with Crippen molar-refractivity contribution in [2.75, 3.05) is 0 Å². The third-order valence-corrected chi connectivity index (χ3v) is 0. The number of nitrogens with two attached hydrogens (primary N) is 1. The summed E-state index contributed by atoms with van der Waals surface area (Å²) in [4.78, 5) is 8.78. The van der Waals surface area contributed by atoms with Crippen LogP contribution in [0.4, 0.5) is 4.79 Å². The molecule has 4 heteroatoms. The zero-order valence-corrected chi connectivity index (χ0v) is 4.40. The fourth-order valence-corrected chi connectivity index (χ4v) is 0. The van der Waals surface area contributed by atoms with Crippen LogP contribution in [0, 0.1) is 38.6 Å². The van der Waals surface area contributed by atoms with E-state index in [1.54, 1.807) is 0 Å². The molecule has 0 bridgehead atoms. The van der Waals surface area contributed by atoms with Gasteiger partial charge in [-0.25, -0.2) is 4.79 Å². The van der Waals surface area contributed by atoms with Gasteiger partial charge >= 0.3 is 6.09 Å². The monoisotopic (exact) mass is 220 g/mol. The minimum Gasteiger partial charge on any atom is -0.465 e. The van der Waals surface area contributed by atoms with Gasteiger partial charge in [-0.1, -0.05) is 0 Å². The molecule has 33 valence electrons. The molecular weight excluding hydrogens is 217 g/mol. The Morgan fingerprint density at radius 3 is 1.80 bits per heavy atom. The first-order valence-corrected chi connectivity index (χ1v) is 0.716. The van der Waals surface area contributed by atoms with Crippen LogP contribution in [-0.2, 0) is 0 Å². The quantitative estimate of drug-likeness (QED) is 0.584. The van der Waals surface area contributed by atoms with E-state index < -0.39 is 6.09 Å². The van der Waals surface area contributed by atoms with Gasteiger partial charge in [-0.2, -0.15) is 0 Å². The molecule has 0 unspecified atom stereocenters. The van der Waals surface area contributed by atoms with Crippen LogP contribution in [0.3, 0.4) is 0 Å². The van der Waals surface area contributed by atoms with Crippen LogP contribution in [0.5, 0.6) is 0 Å². The number of hydrogen-bond acceptors (Lipinski definition) is 1. The Morgan fingerprint density at radius 1 is 1.80 bits per heavy atom. The molecule has 0 heterocycles. The van der Waals surface area contributed by atoms with Crippen molar-refractivity contribution < 1.29 is 48.5 Å². The molecule has 0 aliphatic rings. The van der Waals surface area contributed by atoms with Gasteiger partial charge in [-0.15, -0.1) is 0 Å². The van der Waals surface area contributed by atoms with Crippen LogP contribution in [0.1, 0.15) is 0 Å². The molecule has 0 fully saturated rings. The van der Waals surface area contributed by atoms with Gasteiger partial charge in [0.15, 0.2) is 0 Å². The van der Waals surface area contributed by atoms with Crippen LogP contribution in [0.25, 0.3) is 0 Å². The van der Waals surface area contributed by atoms with E-state index in [9.17, 15) is 0 Å². The second-order valence-electron chi connectivity index (χ2n) is 0.338. The van der Waals surface area contributed by atoms with Crippen molar-refractivity contribution >= 4 is 6.09 Å². The van der Waals surface area contributed by atoms with Crippen LogP contribution in [-0.4, -0.2) is 11.2 Å². The van der Waals surface area contributed by atoms with Gasteiger partial charge in [-0.05, 0) is 0 Å². The van der Waals surface area contributed by atoms with Crippen molar-refractivity contribution in [3.8, 4) is 0 Å². The summed E-state index contributed by atoms with van der Waals surface area (Å²) in [5.41, 5.74) is 4.03. The maximum absolute atomic E-state index is 8.78. The molecule has 0 aliphatic heterocycles. The Labute approximate surface area is 60.0 Å². The van der Waals surface area contributed by atoms with Gasteiger partial charge in [0.05, 0.1) is 0 Å². The van der Waals surface area contributed by atoms with Crippen molar-refractivity contribution in [2.45, 2.75) is 0 Å². The first-order chi connectivity index (χ1) is 1.73. The molecule has 0 spiro atoms. The first kappa shape index (κ1) is 9.12. The Morgan fingerprint density at radius 2 is 1.80 bits per heavy atom. The summed E-state index contributed by atoms with van der Waals surface area (Å²) in [7, 11) is 0. The second kappa shape index (κ2) is 4.56. The maximum Gasteiger partial charge on any atom is 0.402 e. The van der Waals surface area contributed by atoms with Crippen molar-refractivity contribution in [3.05, 3.63) is 0 Å². The van der Waals surface area contributed by atoms with Crippen LogP contribution in [0.15, 0.2) is 0 Å². The van der Waals surface area contributed by atoms with Gasteiger partial charge in [0, 0.05) is 38.6 Å². The zero-order chi connectivity index (χ0) is 3.58. The van der Waals surface area contributed by atoms with Crippen molar-refractivity contribution in [1.29, 1.82) is 0 Å². The minimum absolute atomic E-state index is 0. The molecule has 0 saturated heterocycles. The van der Waals surface area contributed by atoms with Gasteiger partial charge in [-0.3, -0.25) is 0 Å². The average Bonchev–Trinajstić information content (AvgIpc) is 0.811. The fourth-order valence-electron chi connectivity index (χ4n) is 0. The molecule has 0 aromatic rings. The SMILES string of the molecule is NC(=O)O.[Tb]. The van der Waals surface area contributed by atoms with E-state index in [1.807, 2.05) is 0 Å². The Bertz CT molecular complexity index is 32.6. The third kappa shape index (κ3) is 96.4. The summed E-state index contributed by atoms with van der Waals surface area (Å²) in [5.74, 6) is 0. The van der Waals surface area contributed by atoms with Crippen LogP contribution >= 0.6 is 0 Å². The number of hydrogen-bond donors (Lipinski definition) is 2. The van der Waals surface area contributed by atoms with E-state index in [2.05, 4.69) is 5.73 Å². The molecule has 0 aliphatic carbocycles. The second-order valence-corrected chi connectivity index (χ2v) is 0.338. The topological polar surface area (TPSA) is 63.3 Å². The first-order valence-electron chi connectivity index (χ1n) is 0.716. The van der Waals surface area contributed by atoms with Crippen molar-refractivity contribution in [1.82, 2.24) is 0 Å². The third-order valence-electron chi connectivity index (χ3n) is 0. The van der Waals surface area contributed by atoms with Gasteiger partial charge in [0.1, 0.15) is 0 Å². The number of primary amides is 1. The fraction of sp³-hybridized carbons (Fsp3) is 0. The van der Waals surface area contributed by atoms with E-state index in [0.29, 0.717) is 0 Å². The zero-order valence-electron chi connectivity index (χ0n) is 2.27. The van der Waals surface area contributed by atoms with Gasteiger partial charge < -0.3 is 10.8 Å². The number of rotatable bonds is 0. The molecule has 1 amide bonds. The minimum atomic E-state index is -1.33. The molecular formula is CH3NO2Tb. The summed E-state index contributed by atoms with van der Waals surface area (Å²) in [6, 6.07) is 0. The van der Waals surface area contributed by atoms with Gasteiger partial charge in [0.25, 0.3) is 0 Å². The Balaban J connectivity index is 0. The molecule has 1 radical (unpaired) electrons. The number of amides is 1. The molecule has 0 rings (SSSR count). The molecule has 3 N–H and O–H groups in total. The molecule has 5 heavy (non-hydrogen) atoms. The summed E-state index contributed by atoms with van der Waals surface area (Å²) >= 11 is 0. The maximum atomic E-state index is 8.78. The van der Waals surface area contributed by atoms with Crippen LogP contribution < -0.4 is 5.73 Å². The van der Waals surface area contributed by atoms with Gasteiger partial charge in [0.2, 0.25) is 0 Å². The predicted molar refractivity (Wildman–Crippen MR) is 12.2 cm³/mol. The number of carboxylic acid groups (broad SMARTS) is 1. The standard InChI is InChI=1S/CH3NO2.Tb/c2-1(3)4;/h2H2,(H,3,4);. The molecule has 0 aromatic heterocycles. The van der Waals surface area contributed by atoms with E-state index in [-0.39, 0.29) is 38.6 Å². The summed E-state index contributed by atoms with van der Waals surface area (Å²) in [6.07, 6.45) is -1.33. The molecule has 0 saturated carbocycles. The van der Waals surface area contributed by atoms with E-state index in [1.165, 1.54) is 0 Å². The van der Waals surface area contributed by atoms with E-state index in [0.717, 1.165) is 0 Å². The Hall–Kier alpha value is 0.556. The molecule has 0 aromatic carbocycles. The summed E-state index contributed by atoms with van der Waals surface area (Å²) in [5, 5.41) is 7.19. The largest absolute Gasteiger partial charge is 0.465 e. The summed E-state index contributed by atoms with van der Waals surface area (Å²) in [6.45, 7) is 0. The normalized spacial score (nSPS) is 4.80. The van der Waals surface area contributed by atoms with Crippen LogP contribution in [0.2, 0.25) is 0 Å². The van der Waals surface area contributed by atoms with Crippen molar-refractivity contribution in [3.63, 3.8) is 0 Å². The summed E-state index contributed by atoms with van der Waals surface area (Å²) < 4.78 is 0. The Kier molecular flexibility index (Phi) is 8.31. The predicted octanol–water partition coefficient (Wildman–Crippen LogP) is -0.377. The van der Waals surface area contributed by atoms with Crippen molar-refractivity contribution in [2.24, 2.45) is 5.73 Å². The van der Waals surface area contributed by atoms with E-state index >= 15 is 0 Å². The molecule has 0 atom stereocenters. The number of carbonyl (C=O) groups is 1. The average molecular weight is 220 g/mol. The molecule has 3 nitrogen and oxygen atoms in total. The van der Waals surface area contributed by atoms with E-state index in [4.69, 9.17) is 9.90 Å². The smallest absolute Gasteiger partial charge is 0.402 e.